The van der Waals surface area contributed by atoms with Crippen molar-refractivity contribution in [3.8, 4) is 0 Å². The van der Waals surface area contributed by atoms with Gasteiger partial charge in [0.25, 0.3) is 0 Å². The van der Waals surface area contributed by atoms with E-state index in [0.717, 1.165) is 25.3 Å². The number of rotatable bonds is 2. The highest BCUT2D eigenvalue weighted by molar-refractivity contribution is 5.46. The molecule has 0 saturated heterocycles. The van der Waals surface area contributed by atoms with Crippen LogP contribution in [0.2, 0.25) is 0 Å². The van der Waals surface area contributed by atoms with Crippen LogP contribution < -0.4 is 5.73 Å². The first-order chi connectivity index (χ1) is 9.10. The van der Waals surface area contributed by atoms with Crippen LogP contribution >= 0.6 is 0 Å². The molecule has 0 spiro atoms. The van der Waals surface area contributed by atoms with Crippen LogP contribution in [0.4, 0.5) is 5.69 Å². The van der Waals surface area contributed by atoms with Gasteiger partial charge in [0, 0.05) is 25.3 Å². The first-order valence-corrected chi connectivity index (χ1v) is 6.77. The lowest BCUT2D eigenvalue weighted by atomic mass is 10.1. The molecular formula is C17H20N2. The third-order valence-electron chi connectivity index (χ3n) is 3.71. The highest BCUT2D eigenvalue weighted by Crippen LogP contribution is 2.26. The average Bonchev–Trinajstić information content (AvgIpc) is 2.68. The number of benzene rings is 2. The summed E-state index contributed by atoms with van der Waals surface area (Å²) in [5.41, 5.74) is 13.6. The summed E-state index contributed by atoms with van der Waals surface area (Å²) in [4.78, 5) is 2.47. The molecule has 0 bridgehead atoms. The molecule has 0 saturated carbocycles. The van der Waals surface area contributed by atoms with Gasteiger partial charge < -0.3 is 5.73 Å². The number of hydrogen-bond donors (Lipinski definition) is 1. The van der Waals surface area contributed by atoms with Gasteiger partial charge in [0.05, 0.1) is 0 Å². The summed E-state index contributed by atoms with van der Waals surface area (Å²) in [5, 5.41) is 0. The first kappa shape index (κ1) is 12.2. The van der Waals surface area contributed by atoms with Crippen LogP contribution in [0.1, 0.15) is 27.8 Å². The van der Waals surface area contributed by atoms with Crippen molar-refractivity contribution in [2.45, 2.75) is 33.5 Å². The summed E-state index contributed by atoms with van der Waals surface area (Å²) in [6.45, 7) is 7.37. The maximum Gasteiger partial charge on any atom is 0.0317 e. The Morgan fingerprint density at radius 1 is 0.947 bits per heavy atom. The van der Waals surface area contributed by atoms with Crippen LogP contribution in [0.5, 0.6) is 0 Å². The van der Waals surface area contributed by atoms with Gasteiger partial charge in [0.2, 0.25) is 0 Å². The first-order valence-electron chi connectivity index (χ1n) is 6.77. The van der Waals surface area contributed by atoms with Gasteiger partial charge in [0.1, 0.15) is 0 Å². The molecule has 2 heteroatoms. The summed E-state index contributed by atoms with van der Waals surface area (Å²) in [6.07, 6.45) is 0. The lowest BCUT2D eigenvalue weighted by molar-refractivity contribution is 0.275. The van der Waals surface area contributed by atoms with Crippen molar-refractivity contribution in [1.82, 2.24) is 4.90 Å². The average molecular weight is 252 g/mol. The Bertz CT molecular complexity index is 596. The topological polar surface area (TPSA) is 29.3 Å². The molecule has 0 fully saturated rings. The fraction of sp³-hybridized carbons (Fsp3) is 0.294. The van der Waals surface area contributed by atoms with Gasteiger partial charge in [-0.2, -0.15) is 0 Å². The number of fused-ring (bicyclic) bond motifs is 1. The fourth-order valence-corrected chi connectivity index (χ4v) is 3.02. The highest BCUT2D eigenvalue weighted by atomic mass is 15.1. The van der Waals surface area contributed by atoms with E-state index in [1.807, 2.05) is 6.07 Å². The molecule has 3 rings (SSSR count). The molecule has 0 atom stereocenters. The lowest BCUT2D eigenvalue weighted by Crippen LogP contribution is -2.15. The monoisotopic (exact) mass is 252 g/mol. The minimum Gasteiger partial charge on any atom is -0.399 e. The van der Waals surface area contributed by atoms with Crippen LogP contribution in [0.25, 0.3) is 0 Å². The van der Waals surface area contributed by atoms with E-state index in [0.29, 0.717) is 0 Å². The summed E-state index contributed by atoms with van der Waals surface area (Å²) >= 11 is 0. The van der Waals surface area contributed by atoms with Crippen LogP contribution in [-0.2, 0) is 19.6 Å². The molecule has 0 amide bonds. The van der Waals surface area contributed by atoms with Crippen LogP contribution in [0.3, 0.4) is 0 Å². The van der Waals surface area contributed by atoms with E-state index in [1.54, 1.807) is 0 Å². The summed E-state index contributed by atoms with van der Waals surface area (Å²) in [7, 11) is 0. The Labute approximate surface area is 114 Å². The zero-order valence-corrected chi connectivity index (χ0v) is 11.6. The van der Waals surface area contributed by atoms with Crippen molar-refractivity contribution in [3.63, 3.8) is 0 Å². The third kappa shape index (κ3) is 2.64. The second-order valence-corrected chi connectivity index (χ2v) is 5.67. The molecule has 1 heterocycles. The van der Waals surface area contributed by atoms with Gasteiger partial charge in [-0.05, 0) is 42.7 Å². The normalized spacial score (nSPS) is 14.6. The molecule has 0 radical (unpaired) electrons. The van der Waals surface area contributed by atoms with E-state index in [1.165, 1.54) is 27.8 Å². The molecule has 0 aliphatic carbocycles. The van der Waals surface area contributed by atoms with Gasteiger partial charge >= 0.3 is 0 Å². The number of anilines is 1. The van der Waals surface area contributed by atoms with Gasteiger partial charge in [-0.3, -0.25) is 4.90 Å². The van der Waals surface area contributed by atoms with Crippen LogP contribution in [0.15, 0.2) is 36.4 Å². The van der Waals surface area contributed by atoms with Crippen molar-refractivity contribution in [1.29, 1.82) is 0 Å². The summed E-state index contributed by atoms with van der Waals surface area (Å²) in [6, 6.07) is 13.1. The third-order valence-corrected chi connectivity index (χ3v) is 3.71. The number of nitrogen functional groups attached to an aromatic ring is 1. The van der Waals surface area contributed by atoms with E-state index in [4.69, 9.17) is 5.73 Å². The zero-order valence-electron chi connectivity index (χ0n) is 11.6. The molecular weight excluding hydrogens is 232 g/mol. The Morgan fingerprint density at radius 2 is 1.63 bits per heavy atom. The Hall–Kier alpha value is -1.80. The standard InChI is InChI=1S/C17H20N2/c1-12-5-13(2)7-14(6-12)9-19-10-15-3-4-17(18)8-16(15)11-19/h3-8H,9-11,18H2,1-2H3. The predicted molar refractivity (Wildman–Crippen MR) is 79.7 cm³/mol. The Morgan fingerprint density at radius 3 is 2.37 bits per heavy atom. The van der Waals surface area contributed by atoms with E-state index >= 15 is 0 Å². The van der Waals surface area contributed by atoms with E-state index in [2.05, 4.69) is 49.1 Å². The van der Waals surface area contributed by atoms with Crippen molar-refractivity contribution < 1.29 is 0 Å². The molecule has 0 unspecified atom stereocenters. The Kier molecular flexibility index (Phi) is 3.03. The van der Waals surface area contributed by atoms with Crippen molar-refractivity contribution in [3.05, 3.63) is 64.2 Å². The molecule has 0 aromatic heterocycles. The second-order valence-electron chi connectivity index (χ2n) is 5.67. The molecule has 2 aromatic carbocycles. The van der Waals surface area contributed by atoms with Gasteiger partial charge in [-0.1, -0.05) is 35.4 Å². The smallest absolute Gasteiger partial charge is 0.0317 e. The molecule has 1 aliphatic heterocycles. The molecule has 98 valence electrons. The zero-order chi connectivity index (χ0) is 13.4. The molecule has 2 nitrogen and oxygen atoms in total. The van der Waals surface area contributed by atoms with Crippen molar-refractivity contribution in [2.24, 2.45) is 0 Å². The van der Waals surface area contributed by atoms with Crippen LogP contribution in [0, 0.1) is 13.8 Å². The lowest BCUT2D eigenvalue weighted by Gasteiger charge is -2.15. The molecule has 2 N–H and O–H groups in total. The predicted octanol–water partition coefficient (Wildman–Crippen LogP) is 3.40. The highest BCUT2D eigenvalue weighted by Gasteiger charge is 2.18. The number of nitrogens with two attached hydrogens (primary N) is 1. The fourth-order valence-electron chi connectivity index (χ4n) is 3.02. The van der Waals surface area contributed by atoms with Crippen molar-refractivity contribution >= 4 is 5.69 Å². The molecule has 2 aromatic rings. The van der Waals surface area contributed by atoms with E-state index < -0.39 is 0 Å². The van der Waals surface area contributed by atoms with Gasteiger partial charge in [-0.25, -0.2) is 0 Å². The number of nitrogens with zero attached hydrogens (tertiary/aromatic N) is 1. The largest absolute Gasteiger partial charge is 0.399 e. The van der Waals surface area contributed by atoms with E-state index in [9.17, 15) is 0 Å². The molecule has 1 aliphatic rings. The maximum atomic E-state index is 5.85. The van der Waals surface area contributed by atoms with Gasteiger partial charge in [-0.15, -0.1) is 0 Å². The minimum atomic E-state index is 0.868. The summed E-state index contributed by atoms with van der Waals surface area (Å²) < 4.78 is 0. The SMILES string of the molecule is Cc1cc(C)cc(CN2Cc3ccc(N)cc3C2)c1. The number of aryl methyl sites for hydroxylation is 2. The molecule has 19 heavy (non-hydrogen) atoms. The van der Waals surface area contributed by atoms with E-state index in [-0.39, 0.29) is 0 Å². The Balaban J connectivity index is 1.76. The quantitative estimate of drug-likeness (QED) is 0.830. The minimum absolute atomic E-state index is 0.868. The van der Waals surface area contributed by atoms with Crippen LogP contribution in [-0.4, -0.2) is 4.90 Å². The van der Waals surface area contributed by atoms with Gasteiger partial charge in [0.15, 0.2) is 0 Å². The van der Waals surface area contributed by atoms with Crippen molar-refractivity contribution in [2.75, 3.05) is 5.73 Å². The second kappa shape index (κ2) is 4.71. The number of hydrogen-bond acceptors (Lipinski definition) is 2. The summed E-state index contributed by atoms with van der Waals surface area (Å²) in [5.74, 6) is 0. The maximum absolute atomic E-state index is 5.85.